The molecular weight excluding hydrogens is 258 g/mol. The normalized spacial score (nSPS) is 18.6. The molecule has 1 aliphatic rings. The minimum absolute atomic E-state index is 0.778. The molecule has 2 heterocycles. The third-order valence-electron chi connectivity index (χ3n) is 4.28. The van der Waals surface area contributed by atoms with Crippen LogP contribution >= 0.6 is 0 Å². The zero-order valence-corrected chi connectivity index (χ0v) is 13.1. The molecule has 1 aliphatic heterocycles. The van der Waals surface area contributed by atoms with Gasteiger partial charge in [0.2, 0.25) is 0 Å². The largest absolute Gasteiger partial charge is 0.356 e. The molecule has 3 nitrogen and oxygen atoms in total. The number of rotatable bonds is 5. The van der Waals surface area contributed by atoms with Crippen molar-refractivity contribution in [2.24, 2.45) is 5.92 Å². The van der Waals surface area contributed by atoms with Gasteiger partial charge < -0.3 is 10.2 Å². The summed E-state index contributed by atoms with van der Waals surface area (Å²) in [5, 5.41) is 4.80. The van der Waals surface area contributed by atoms with E-state index in [2.05, 4.69) is 54.4 Å². The van der Waals surface area contributed by atoms with Crippen LogP contribution in [0.3, 0.4) is 0 Å². The fourth-order valence-corrected chi connectivity index (χ4v) is 3.08. The fourth-order valence-electron chi connectivity index (χ4n) is 3.08. The highest BCUT2D eigenvalue weighted by Crippen LogP contribution is 2.27. The highest BCUT2D eigenvalue weighted by Gasteiger charge is 2.20. The molecule has 1 N–H and O–H groups in total. The van der Waals surface area contributed by atoms with Crippen molar-refractivity contribution in [1.82, 2.24) is 10.3 Å². The SMILES string of the molecule is CCCNCc1cc(N2CCC(C)C2)nc2ccccc12. The Kier molecular flexibility index (Phi) is 4.39. The zero-order chi connectivity index (χ0) is 14.7. The first-order valence-corrected chi connectivity index (χ1v) is 8.12. The number of anilines is 1. The van der Waals surface area contributed by atoms with Gasteiger partial charge in [0.05, 0.1) is 5.52 Å². The van der Waals surface area contributed by atoms with Gasteiger partial charge in [-0.15, -0.1) is 0 Å². The molecule has 0 bridgehead atoms. The standard InChI is InChI=1S/C18H25N3/c1-3-9-19-12-15-11-18(21-10-8-14(2)13-21)20-17-7-5-4-6-16(15)17/h4-7,11,14,19H,3,8-10,12-13H2,1-2H3. The molecule has 1 aromatic carbocycles. The summed E-state index contributed by atoms with van der Waals surface area (Å²) in [5.41, 5.74) is 2.48. The molecule has 1 aromatic heterocycles. The van der Waals surface area contributed by atoms with E-state index in [4.69, 9.17) is 4.98 Å². The molecule has 3 rings (SSSR count). The lowest BCUT2D eigenvalue weighted by Crippen LogP contribution is -2.21. The van der Waals surface area contributed by atoms with E-state index < -0.39 is 0 Å². The van der Waals surface area contributed by atoms with Gasteiger partial charge in [-0.3, -0.25) is 0 Å². The second-order valence-electron chi connectivity index (χ2n) is 6.17. The van der Waals surface area contributed by atoms with Gasteiger partial charge in [0.25, 0.3) is 0 Å². The summed E-state index contributed by atoms with van der Waals surface area (Å²) in [5.74, 6) is 1.92. The molecule has 0 radical (unpaired) electrons. The Bertz CT molecular complexity index is 608. The first-order chi connectivity index (χ1) is 10.3. The molecule has 0 amide bonds. The summed E-state index contributed by atoms with van der Waals surface area (Å²) in [6.07, 6.45) is 2.44. The first kappa shape index (κ1) is 14.3. The number of nitrogens with one attached hydrogen (secondary N) is 1. The van der Waals surface area contributed by atoms with Crippen LogP contribution in [-0.2, 0) is 6.54 Å². The number of benzene rings is 1. The van der Waals surface area contributed by atoms with E-state index in [1.54, 1.807) is 0 Å². The van der Waals surface area contributed by atoms with Crippen LogP contribution in [0.2, 0.25) is 0 Å². The molecule has 1 unspecified atom stereocenters. The lowest BCUT2D eigenvalue weighted by molar-refractivity contribution is 0.658. The Morgan fingerprint density at radius 1 is 1.33 bits per heavy atom. The van der Waals surface area contributed by atoms with Crippen molar-refractivity contribution >= 4 is 16.7 Å². The molecule has 1 atom stereocenters. The van der Waals surface area contributed by atoms with Crippen LogP contribution < -0.4 is 10.2 Å². The molecular formula is C18H25N3. The summed E-state index contributed by atoms with van der Waals surface area (Å²) in [6.45, 7) is 8.78. The highest BCUT2D eigenvalue weighted by molar-refractivity contribution is 5.84. The molecule has 0 aliphatic carbocycles. The monoisotopic (exact) mass is 283 g/mol. The van der Waals surface area contributed by atoms with Gasteiger partial charge in [-0.1, -0.05) is 32.0 Å². The van der Waals surface area contributed by atoms with Crippen LogP contribution in [0.15, 0.2) is 30.3 Å². The Morgan fingerprint density at radius 2 is 2.19 bits per heavy atom. The number of aromatic nitrogens is 1. The average molecular weight is 283 g/mol. The number of para-hydroxylation sites is 1. The molecule has 0 spiro atoms. The number of hydrogen-bond donors (Lipinski definition) is 1. The van der Waals surface area contributed by atoms with E-state index in [0.29, 0.717) is 0 Å². The summed E-state index contributed by atoms with van der Waals surface area (Å²) in [6, 6.07) is 10.8. The van der Waals surface area contributed by atoms with Crippen LogP contribution in [0.1, 0.15) is 32.3 Å². The Hall–Kier alpha value is -1.61. The summed E-state index contributed by atoms with van der Waals surface area (Å²) < 4.78 is 0. The zero-order valence-electron chi connectivity index (χ0n) is 13.1. The predicted molar refractivity (Wildman–Crippen MR) is 89.7 cm³/mol. The van der Waals surface area contributed by atoms with Gasteiger partial charge in [0.1, 0.15) is 5.82 Å². The van der Waals surface area contributed by atoms with E-state index in [1.165, 1.54) is 23.8 Å². The van der Waals surface area contributed by atoms with Gasteiger partial charge in [0.15, 0.2) is 0 Å². The van der Waals surface area contributed by atoms with Crippen LogP contribution in [0.25, 0.3) is 10.9 Å². The van der Waals surface area contributed by atoms with E-state index in [9.17, 15) is 0 Å². The topological polar surface area (TPSA) is 28.2 Å². The Balaban J connectivity index is 1.94. The molecule has 1 saturated heterocycles. The van der Waals surface area contributed by atoms with Crippen molar-refractivity contribution in [1.29, 1.82) is 0 Å². The minimum Gasteiger partial charge on any atom is -0.356 e. The van der Waals surface area contributed by atoms with Gasteiger partial charge in [-0.25, -0.2) is 4.98 Å². The average Bonchev–Trinajstić information content (AvgIpc) is 2.94. The summed E-state index contributed by atoms with van der Waals surface area (Å²) >= 11 is 0. The van der Waals surface area contributed by atoms with Crippen molar-refractivity contribution in [3.63, 3.8) is 0 Å². The third-order valence-corrected chi connectivity index (χ3v) is 4.28. The first-order valence-electron chi connectivity index (χ1n) is 8.12. The van der Waals surface area contributed by atoms with Gasteiger partial charge in [-0.05, 0) is 43.0 Å². The smallest absolute Gasteiger partial charge is 0.129 e. The fraction of sp³-hybridized carbons (Fsp3) is 0.500. The number of nitrogens with zero attached hydrogens (tertiary/aromatic N) is 2. The van der Waals surface area contributed by atoms with Gasteiger partial charge >= 0.3 is 0 Å². The number of pyridine rings is 1. The lowest BCUT2D eigenvalue weighted by atomic mass is 10.1. The van der Waals surface area contributed by atoms with Crippen LogP contribution in [0.4, 0.5) is 5.82 Å². The Morgan fingerprint density at radius 3 is 2.95 bits per heavy atom. The third kappa shape index (κ3) is 3.18. The van der Waals surface area contributed by atoms with Crippen molar-refractivity contribution in [3.05, 3.63) is 35.9 Å². The molecule has 21 heavy (non-hydrogen) atoms. The highest BCUT2D eigenvalue weighted by atomic mass is 15.2. The predicted octanol–water partition coefficient (Wildman–Crippen LogP) is 3.58. The molecule has 3 heteroatoms. The lowest BCUT2D eigenvalue weighted by Gasteiger charge is -2.19. The second-order valence-corrected chi connectivity index (χ2v) is 6.17. The van der Waals surface area contributed by atoms with E-state index >= 15 is 0 Å². The van der Waals surface area contributed by atoms with Gasteiger partial charge in [-0.2, -0.15) is 0 Å². The van der Waals surface area contributed by atoms with E-state index in [1.807, 2.05) is 0 Å². The van der Waals surface area contributed by atoms with Crippen LogP contribution in [0.5, 0.6) is 0 Å². The van der Waals surface area contributed by atoms with Crippen molar-refractivity contribution < 1.29 is 0 Å². The van der Waals surface area contributed by atoms with Crippen LogP contribution in [-0.4, -0.2) is 24.6 Å². The number of fused-ring (bicyclic) bond motifs is 1. The maximum absolute atomic E-state index is 4.88. The van der Waals surface area contributed by atoms with Gasteiger partial charge in [0, 0.05) is 25.0 Å². The second kappa shape index (κ2) is 6.44. The summed E-state index contributed by atoms with van der Waals surface area (Å²) in [7, 11) is 0. The number of hydrogen-bond acceptors (Lipinski definition) is 3. The molecule has 1 fully saturated rings. The van der Waals surface area contributed by atoms with E-state index in [-0.39, 0.29) is 0 Å². The van der Waals surface area contributed by atoms with E-state index in [0.717, 1.165) is 43.4 Å². The van der Waals surface area contributed by atoms with Crippen molar-refractivity contribution in [2.45, 2.75) is 33.2 Å². The quantitative estimate of drug-likeness (QED) is 0.850. The molecule has 112 valence electrons. The van der Waals surface area contributed by atoms with Crippen molar-refractivity contribution in [3.8, 4) is 0 Å². The maximum Gasteiger partial charge on any atom is 0.129 e. The minimum atomic E-state index is 0.778. The molecule has 2 aromatic rings. The Labute approximate surface area is 127 Å². The van der Waals surface area contributed by atoms with Crippen LogP contribution in [0, 0.1) is 5.92 Å². The maximum atomic E-state index is 4.88. The molecule has 0 saturated carbocycles. The summed E-state index contributed by atoms with van der Waals surface area (Å²) in [4.78, 5) is 7.31. The van der Waals surface area contributed by atoms with Crippen molar-refractivity contribution in [2.75, 3.05) is 24.5 Å².